The van der Waals surface area contributed by atoms with Gasteiger partial charge in [0.25, 0.3) is 0 Å². The number of carboxylic acids is 1. The Bertz CT molecular complexity index is 621. The van der Waals surface area contributed by atoms with Gasteiger partial charge >= 0.3 is 12.0 Å². The zero-order valence-electron chi connectivity index (χ0n) is 10.5. The summed E-state index contributed by atoms with van der Waals surface area (Å²) in [5, 5.41) is 19.5. The van der Waals surface area contributed by atoms with Crippen LogP contribution in [-0.2, 0) is 13.1 Å². The molecule has 0 aliphatic carbocycles. The standard InChI is InChI=1S/C11H12N4O4S/c1-6-2-7(19-15-6)3-12-11(18)13-4-9-14-8(5-20-9)10(16)17/h2,5H,3-4H2,1H3,(H,16,17)(H2,12,13,18). The highest BCUT2D eigenvalue weighted by Gasteiger charge is 2.09. The molecule has 0 radical (unpaired) electrons. The molecule has 0 saturated carbocycles. The Morgan fingerprint density at radius 3 is 2.75 bits per heavy atom. The molecule has 106 valence electrons. The average Bonchev–Trinajstić information content (AvgIpc) is 3.03. The summed E-state index contributed by atoms with van der Waals surface area (Å²) < 4.78 is 4.94. The monoisotopic (exact) mass is 296 g/mol. The summed E-state index contributed by atoms with van der Waals surface area (Å²) in [5.41, 5.74) is 0.718. The fraction of sp³-hybridized carbons (Fsp3) is 0.273. The van der Waals surface area contributed by atoms with Crippen molar-refractivity contribution in [3.05, 3.63) is 33.6 Å². The maximum Gasteiger partial charge on any atom is 0.355 e. The first-order valence-electron chi connectivity index (χ1n) is 5.66. The molecule has 2 aromatic rings. The Labute approximate surface area is 117 Å². The molecule has 9 heteroatoms. The van der Waals surface area contributed by atoms with E-state index in [0.29, 0.717) is 10.8 Å². The van der Waals surface area contributed by atoms with Crippen LogP contribution in [0.15, 0.2) is 16.0 Å². The highest BCUT2D eigenvalue weighted by Crippen LogP contribution is 2.09. The Hall–Kier alpha value is -2.42. The molecule has 0 spiro atoms. The van der Waals surface area contributed by atoms with Gasteiger partial charge in [-0.2, -0.15) is 0 Å². The summed E-state index contributed by atoms with van der Waals surface area (Å²) in [6.07, 6.45) is 0. The number of hydrogen-bond donors (Lipinski definition) is 3. The number of carbonyl (C=O) groups excluding carboxylic acids is 1. The number of thiazole rings is 1. The van der Waals surface area contributed by atoms with Crippen molar-refractivity contribution in [3.63, 3.8) is 0 Å². The van der Waals surface area contributed by atoms with Crippen LogP contribution in [-0.4, -0.2) is 27.2 Å². The van der Waals surface area contributed by atoms with Gasteiger partial charge in [-0.05, 0) is 6.92 Å². The fourth-order valence-electron chi connectivity index (χ4n) is 1.38. The first kappa shape index (κ1) is 14.0. The SMILES string of the molecule is Cc1cc(CNC(=O)NCc2nc(C(=O)O)cs2)on1. The molecule has 0 unspecified atom stereocenters. The number of rotatable bonds is 5. The quantitative estimate of drug-likeness (QED) is 0.761. The first-order valence-corrected chi connectivity index (χ1v) is 6.54. The van der Waals surface area contributed by atoms with Gasteiger partial charge < -0.3 is 20.3 Å². The average molecular weight is 296 g/mol. The second-order valence-electron chi connectivity index (χ2n) is 3.90. The third kappa shape index (κ3) is 3.79. The normalized spacial score (nSPS) is 10.2. The molecule has 3 N–H and O–H groups in total. The van der Waals surface area contributed by atoms with Crippen molar-refractivity contribution in [2.75, 3.05) is 0 Å². The molecule has 0 fully saturated rings. The van der Waals surface area contributed by atoms with Gasteiger partial charge in [-0.1, -0.05) is 5.16 Å². The van der Waals surface area contributed by atoms with E-state index in [9.17, 15) is 9.59 Å². The van der Waals surface area contributed by atoms with E-state index in [0.717, 1.165) is 5.69 Å². The van der Waals surface area contributed by atoms with E-state index >= 15 is 0 Å². The van der Waals surface area contributed by atoms with Crippen LogP contribution >= 0.6 is 11.3 Å². The van der Waals surface area contributed by atoms with Gasteiger partial charge in [0.1, 0.15) is 5.01 Å². The van der Waals surface area contributed by atoms with Crippen LogP contribution in [0.25, 0.3) is 0 Å². The second kappa shape index (κ2) is 6.15. The van der Waals surface area contributed by atoms with E-state index in [4.69, 9.17) is 9.63 Å². The molecule has 20 heavy (non-hydrogen) atoms. The van der Waals surface area contributed by atoms with Crippen LogP contribution in [0.3, 0.4) is 0 Å². The number of carbonyl (C=O) groups is 2. The van der Waals surface area contributed by atoms with Crippen LogP contribution in [0.4, 0.5) is 4.79 Å². The third-order valence-electron chi connectivity index (χ3n) is 2.27. The lowest BCUT2D eigenvalue weighted by atomic mass is 10.4. The van der Waals surface area contributed by atoms with Crippen molar-refractivity contribution >= 4 is 23.3 Å². The van der Waals surface area contributed by atoms with Crippen LogP contribution in [0, 0.1) is 6.92 Å². The van der Waals surface area contributed by atoms with Gasteiger partial charge in [0.05, 0.1) is 18.8 Å². The fourth-order valence-corrected chi connectivity index (χ4v) is 2.08. The topological polar surface area (TPSA) is 117 Å². The number of carboxylic acid groups (broad SMARTS) is 1. The third-order valence-corrected chi connectivity index (χ3v) is 3.12. The van der Waals surface area contributed by atoms with Gasteiger partial charge in [0, 0.05) is 11.4 Å². The van der Waals surface area contributed by atoms with E-state index < -0.39 is 12.0 Å². The number of hydrogen-bond acceptors (Lipinski definition) is 6. The largest absolute Gasteiger partial charge is 0.476 e. The minimum atomic E-state index is -1.09. The van der Waals surface area contributed by atoms with Crippen molar-refractivity contribution in [1.29, 1.82) is 0 Å². The number of aromatic nitrogens is 2. The molecular formula is C11H12N4O4S. The van der Waals surface area contributed by atoms with E-state index in [-0.39, 0.29) is 18.8 Å². The van der Waals surface area contributed by atoms with Crippen LogP contribution < -0.4 is 10.6 Å². The lowest BCUT2D eigenvalue weighted by Gasteiger charge is -2.03. The van der Waals surface area contributed by atoms with E-state index in [1.165, 1.54) is 16.7 Å². The Morgan fingerprint density at radius 1 is 1.40 bits per heavy atom. The molecule has 8 nitrogen and oxygen atoms in total. The molecule has 2 heterocycles. The summed E-state index contributed by atoms with van der Waals surface area (Å²) >= 11 is 1.17. The minimum Gasteiger partial charge on any atom is -0.476 e. The van der Waals surface area contributed by atoms with Crippen LogP contribution in [0.2, 0.25) is 0 Å². The molecule has 2 aromatic heterocycles. The molecule has 0 aliphatic rings. The zero-order valence-corrected chi connectivity index (χ0v) is 11.4. The maximum atomic E-state index is 11.5. The Morgan fingerprint density at radius 2 is 2.15 bits per heavy atom. The molecule has 2 rings (SSSR count). The van der Waals surface area contributed by atoms with Crippen molar-refractivity contribution in [2.24, 2.45) is 0 Å². The molecule has 0 saturated heterocycles. The lowest BCUT2D eigenvalue weighted by molar-refractivity contribution is 0.0691. The summed E-state index contributed by atoms with van der Waals surface area (Å²) in [7, 11) is 0. The van der Waals surface area contributed by atoms with Gasteiger partial charge in [0.15, 0.2) is 11.5 Å². The van der Waals surface area contributed by atoms with E-state index in [2.05, 4.69) is 20.8 Å². The predicted octanol–water partition coefficient (Wildman–Crippen LogP) is 1.14. The van der Waals surface area contributed by atoms with Crippen molar-refractivity contribution in [2.45, 2.75) is 20.0 Å². The predicted molar refractivity (Wildman–Crippen MR) is 69.4 cm³/mol. The molecule has 0 atom stereocenters. The van der Waals surface area contributed by atoms with Crippen molar-refractivity contribution in [1.82, 2.24) is 20.8 Å². The van der Waals surface area contributed by atoms with Crippen LogP contribution in [0.1, 0.15) is 27.0 Å². The first-order chi connectivity index (χ1) is 9.54. The van der Waals surface area contributed by atoms with E-state index in [1.54, 1.807) is 13.0 Å². The molecule has 0 aromatic carbocycles. The zero-order chi connectivity index (χ0) is 14.5. The Kier molecular flexibility index (Phi) is 4.31. The summed E-state index contributed by atoms with van der Waals surface area (Å²) in [4.78, 5) is 26.0. The highest BCUT2D eigenvalue weighted by molar-refractivity contribution is 7.09. The van der Waals surface area contributed by atoms with Crippen molar-refractivity contribution in [3.8, 4) is 0 Å². The smallest absolute Gasteiger partial charge is 0.355 e. The summed E-state index contributed by atoms with van der Waals surface area (Å²) in [6, 6.07) is 1.33. The maximum absolute atomic E-state index is 11.5. The van der Waals surface area contributed by atoms with E-state index in [1.807, 2.05) is 0 Å². The number of nitrogens with zero attached hydrogens (tertiary/aromatic N) is 2. The number of urea groups is 1. The van der Waals surface area contributed by atoms with Gasteiger partial charge in [-0.15, -0.1) is 11.3 Å². The molecule has 0 bridgehead atoms. The van der Waals surface area contributed by atoms with Gasteiger partial charge in [-0.3, -0.25) is 0 Å². The summed E-state index contributed by atoms with van der Waals surface area (Å²) in [5.74, 6) is -0.530. The number of aromatic carboxylic acids is 1. The summed E-state index contributed by atoms with van der Waals surface area (Å²) in [6.45, 7) is 2.18. The lowest BCUT2D eigenvalue weighted by Crippen LogP contribution is -2.34. The Balaban J connectivity index is 1.75. The molecule has 2 amide bonds. The molecular weight excluding hydrogens is 284 g/mol. The van der Waals surface area contributed by atoms with Crippen molar-refractivity contribution < 1.29 is 19.2 Å². The second-order valence-corrected chi connectivity index (χ2v) is 4.85. The number of aryl methyl sites for hydroxylation is 1. The van der Waals surface area contributed by atoms with Gasteiger partial charge in [-0.25, -0.2) is 14.6 Å². The minimum absolute atomic E-state index is 0.0238. The van der Waals surface area contributed by atoms with Gasteiger partial charge in [0.2, 0.25) is 0 Å². The number of amides is 2. The molecule has 0 aliphatic heterocycles. The number of nitrogens with one attached hydrogen (secondary N) is 2. The van der Waals surface area contributed by atoms with Crippen LogP contribution in [0.5, 0.6) is 0 Å². The highest BCUT2D eigenvalue weighted by atomic mass is 32.1.